The summed E-state index contributed by atoms with van der Waals surface area (Å²) in [6.07, 6.45) is 0. The fourth-order valence-corrected chi connectivity index (χ4v) is 0. The smallest absolute Gasteiger partial charge is 0 e. The van der Waals surface area contributed by atoms with Gasteiger partial charge in [-0.3, -0.25) is 0 Å². The standard InChI is InChI=1S/3H3N.3H2O.Sb/h3*1H3;3*1H2;. The SMILES string of the molecule is [NH4+].[NH4+].[NH4+].[OH-].[OH-].[OH-].[Sb]. The number of rotatable bonds is 0. The van der Waals surface area contributed by atoms with Gasteiger partial charge in [0.05, 0.1) is 0 Å². The van der Waals surface area contributed by atoms with E-state index in [0.29, 0.717) is 0 Å². The Morgan fingerprint density at radius 3 is 0.429 bits per heavy atom. The van der Waals surface area contributed by atoms with Crippen LogP contribution in [0.1, 0.15) is 0 Å². The van der Waals surface area contributed by atoms with Crippen LogP contribution in [0.2, 0.25) is 0 Å². The van der Waals surface area contributed by atoms with E-state index in [2.05, 4.69) is 0 Å². The van der Waals surface area contributed by atoms with Gasteiger partial charge in [0, 0.05) is 24.4 Å². The zero-order valence-electron chi connectivity index (χ0n) is 4.79. The molecule has 0 atom stereocenters. The number of quaternary nitrogens is 3. The Morgan fingerprint density at radius 2 is 0.429 bits per heavy atom. The molecule has 0 bridgehead atoms. The molecule has 53 valence electrons. The average molecular weight is 227 g/mol. The molecule has 0 aromatic rings. The van der Waals surface area contributed by atoms with Crippen LogP contribution < -0.4 is 18.5 Å². The summed E-state index contributed by atoms with van der Waals surface area (Å²) in [4.78, 5) is 0. The first-order valence-corrected chi connectivity index (χ1v) is 0. The summed E-state index contributed by atoms with van der Waals surface area (Å²) in [5.74, 6) is 0. The average Bonchev–Trinajstić information content (AvgIpc) is 0. The minimum absolute atomic E-state index is 0. The Hall–Kier alpha value is 0.578. The predicted octanol–water partition coefficient (Wildman–Crippen LogP) is 0.217. The Morgan fingerprint density at radius 1 is 0.429 bits per heavy atom. The maximum Gasteiger partial charge on any atom is 0 e. The van der Waals surface area contributed by atoms with E-state index in [-0.39, 0.29) is 59.3 Å². The van der Waals surface area contributed by atoms with E-state index in [0.717, 1.165) is 0 Å². The summed E-state index contributed by atoms with van der Waals surface area (Å²) in [7, 11) is 0. The molecule has 0 spiro atoms. The van der Waals surface area contributed by atoms with E-state index in [1.165, 1.54) is 0 Å². The molecule has 0 saturated heterocycles. The molecule has 0 unspecified atom stereocenters. The van der Waals surface area contributed by atoms with E-state index in [9.17, 15) is 0 Å². The van der Waals surface area contributed by atoms with Gasteiger partial charge in [0.2, 0.25) is 0 Å². The summed E-state index contributed by atoms with van der Waals surface area (Å²) < 4.78 is 0. The van der Waals surface area contributed by atoms with Gasteiger partial charge in [-0.1, -0.05) is 0 Å². The molecule has 0 aliphatic carbocycles. The van der Waals surface area contributed by atoms with E-state index in [1.54, 1.807) is 0 Å². The van der Waals surface area contributed by atoms with Crippen molar-refractivity contribution >= 4 is 24.4 Å². The predicted molar refractivity (Wildman–Crippen MR) is 29.5 cm³/mol. The Bertz CT molecular complexity index is 10.1. The molecule has 15 N–H and O–H groups in total. The molecule has 3 radical (unpaired) electrons. The fraction of sp³-hybridized carbons (Fsp3) is 0. The van der Waals surface area contributed by atoms with Crippen molar-refractivity contribution in [2.45, 2.75) is 0 Å². The molecule has 0 saturated carbocycles. The van der Waals surface area contributed by atoms with Crippen molar-refractivity contribution in [1.29, 1.82) is 0 Å². The van der Waals surface area contributed by atoms with Crippen LogP contribution in [0.5, 0.6) is 0 Å². The van der Waals surface area contributed by atoms with Gasteiger partial charge in [-0.25, -0.2) is 0 Å². The van der Waals surface area contributed by atoms with Crippen molar-refractivity contribution in [2.75, 3.05) is 0 Å². The van der Waals surface area contributed by atoms with Gasteiger partial charge in [-0.15, -0.1) is 0 Å². The van der Waals surface area contributed by atoms with Crippen molar-refractivity contribution < 1.29 is 16.4 Å². The van der Waals surface area contributed by atoms with Crippen LogP contribution in [0.25, 0.3) is 0 Å². The van der Waals surface area contributed by atoms with Crippen LogP contribution in [0.15, 0.2) is 0 Å². The van der Waals surface area contributed by atoms with E-state index >= 15 is 0 Å². The van der Waals surface area contributed by atoms with Gasteiger partial charge in [-0.2, -0.15) is 0 Å². The molecule has 0 aliphatic rings. The normalized spacial score (nSPS) is 0. The Labute approximate surface area is 59.8 Å². The van der Waals surface area contributed by atoms with Gasteiger partial charge < -0.3 is 34.9 Å². The third-order valence-electron chi connectivity index (χ3n) is 0. The van der Waals surface area contributed by atoms with Crippen LogP contribution in [0.3, 0.4) is 0 Å². The van der Waals surface area contributed by atoms with Crippen molar-refractivity contribution in [3.63, 3.8) is 0 Å². The van der Waals surface area contributed by atoms with Crippen LogP contribution in [-0.4, -0.2) is 40.9 Å². The Balaban J connectivity index is 0. The fourth-order valence-electron chi connectivity index (χ4n) is 0. The Kier molecular flexibility index (Phi) is 85800. The number of hydrogen-bond acceptors (Lipinski definition) is 3. The molecular weight excluding hydrogens is 212 g/mol. The van der Waals surface area contributed by atoms with Gasteiger partial charge in [0.25, 0.3) is 0 Å². The van der Waals surface area contributed by atoms with Crippen LogP contribution in [0, 0.1) is 0 Å². The molecule has 0 aromatic heterocycles. The molecule has 0 amide bonds. The van der Waals surface area contributed by atoms with Gasteiger partial charge in [0.1, 0.15) is 0 Å². The summed E-state index contributed by atoms with van der Waals surface area (Å²) in [5, 5.41) is 0. The summed E-state index contributed by atoms with van der Waals surface area (Å²) in [6, 6.07) is 0. The minimum Gasteiger partial charge on any atom is -0.870 e. The molecule has 0 heterocycles. The molecule has 7 heteroatoms. The maximum absolute atomic E-state index is 0. The first kappa shape index (κ1) is 981. The topological polar surface area (TPSA) is 200 Å². The van der Waals surface area contributed by atoms with E-state index < -0.39 is 0 Å². The molecule has 7 heavy (non-hydrogen) atoms. The molecular formula is H15N3O3Sb. The second-order valence-corrected chi connectivity index (χ2v) is 0. The van der Waals surface area contributed by atoms with Crippen LogP contribution >= 0.6 is 0 Å². The van der Waals surface area contributed by atoms with Crippen molar-refractivity contribution in [1.82, 2.24) is 18.5 Å². The maximum atomic E-state index is 0. The van der Waals surface area contributed by atoms with Crippen molar-refractivity contribution in [3.05, 3.63) is 0 Å². The summed E-state index contributed by atoms with van der Waals surface area (Å²) in [6.45, 7) is 0. The molecule has 0 aromatic carbocycles. The van der Waals surface area contributed by atoms with Crippen LogP contribution in [-0.2, 0) is 0 Å². The first-order chi connectivity index (χ1) is 0. The third-order valence-corrected chi connectivity index (χ3v) is 0. The third kappa shape index (κ3) is 412. The largest absolute Gasteiger partial charge is 0.870 e. The molecule has 0 aliphatic heterocycles. The molecule has 0 rings (SSSR count). The number of hydrogen-bond donors (Lipinski definition) is 3. The zero-order chi connectivity index (χ0) is 0. The second kappa shape index (κ2) is 612. The van der Waals surface area contributed by atoms with Crippen molar-refractivity contribution in [3.8, 4) is 0 Å². The van der Waals surface area contributed by atoms with Gasteiger partial charge in [-0.05, 0) is 0 Å². The van der Waals surface area contributed by atoms with Crippen LogP contribution in [0.4, 0.5) is 0 Å². The van der Waals surface area contributed by atoms with E-state index in [1.807, 2.05) is 0 Å². The van der Waals surface area contributed by atoms with Gasteiger partial charge in [0.15, 0.2) is 0 Å². The first-order valence-electron chi connectivity index (χ1n) is 0. The van der Waals surface area contributed by atoms with Gasteiger partial charge >= 0.3 is 0 Å². The molecule has 6 nitrogen and oxygen atoms in total. The van der Waals surface area contributed by atoms with Crippen molar-refractivity contribution in [2.24, 2.45) is 0 Å². The summed E-state index contributed by atoms with van der Waals surface area (Å²) >= 11 is 0. The second-order valence-electron chi connectivity index (χ2n) is 0. The zero-order valence-corrected chi connectivity index (χ0v) is 7.34. The minimum atomic E-state index is 0. The molecule has 0 fully saturated rings. The summed E-state index contributed by atoms with van der Waals surface area (Å²) in [5.41, 5.74) is 0. The quantitative estimate of drug-likeness (QED) is 0.497. The van der Waals surface area contributed by atoms with E-state index in [4.69, 9.17) is 0 Å². The monoisotopic (exact) mass is 226 g/mol.